The maximum absolute atomic E-state index is 12.8. The zero-order valence-electron chi connectivity index (χ0n) is 14.7. The standard InChI is InChI=1S/C19H17F3N4O2/c20-19(21,22)13-3-1-12(2-4-13)14-9-25-17(16-15(14)23-6-7-24-16)26-10-18(27)5-8-28-11-18/h1-4,6-7,9,27H,5,8,10-11H2,(H,25,26). The van der Waals surface area contributed by atoms with Gasteiger partial charge < -0.3 is 15.2 Å². The first kappa shape index (κ1) is 18.6. The van der Waals surface area contributed by atoms with Crippen LogP contribution < -0.4 is 5.32 Å². The predicted octanol–water partition coefficient (Wildman–Crippen LogP) is 3.27. The van der Waals surface area contributed by atoms with E-state index in [4.69, 9.17) is 4.74 Å². The molecule has 3 aromatic rings. The van der Waals surface area contributed by atoms with Crippen LogP contribution in [-0.2, 0) is 10.9 Å². The molecule has 0 amide bonds. The Hall–Kier alpha value is -2.78. The third-order valence-electron chi connectivity index (χ3n) is 4.69. The number of rotatable bonds is 4. The van der Waals surface area contributed by atoms with Gasteiger partial charge >= 0.3 is 6.18 Å². The maximum Gasteiger partial charge on any atom is 0.416 e. The Bertz CT molecular complexity index is 987. The second-order valence-corrected chi connectivity index (χ2v) is 6.73. The number of anilines is 1. The Morgan fingerprint density at radius 3 is 2.43 bits per heavy atom. The van der Waals surface area contributed by atoms with Crippen molar-refractivity contribution in [3.05, 3.63) is 48.4 Å². The van der Waals surface area contributed by atoms with Gasteiger partial charge in [-0.15, -0.1) is 0 Å². The Labute approximate surface area is 158 Å². The maximum atomic E-state index is 12.8. The predicted molar refractivity (Wildman–Crippen MR) is 96.6 cm³/mol. The van der Waals surface area contributed by atoms with Gasteiger partial charge in [0.05, 0.1) is 12.2 Å². The van der Waals surface area contributed by atoms with Crippen LogP contribution in [0.5, 0.6) is 0 Å². The lowest BCUT2D eigenvalue weighted by molar-refractivity contribution is -0.137. The van der Waals surface area contributed by atoms with Crippen LogP contribution in [0.1, 0.15) is 12.0 Å². The van der Waals surface area contributed by atoms with E-state index in [1.54, 1.807) is 0 Å². The lowest BCUT2D eigenvalue weighted by Crippen LogP contribution is -2.37. The summed E-state index contributed by atoms with van der Waals surface area (Å²) in [5.41, 5.74) is 0.426. The van der Waals surface area contributed by atoms with Crippen LogP contribution in [0.25, 0.3) is 22.2 Å². The second-order valence-electron chi connectivity index (χ2n) is 6.73. The number of hydrogen-bond donors (Lipinski definition) is 2. The molecule has 1 saturated heterocycles. The van der Waals surface area contributed by atoms with Crippen molar-refractivity contribution in [1.29, 1.82) is 0 Å². The first-order valence-electron chi connectivity index (χ1n) is 8.67. The Balaban J connectivity index is 1.67. The van der Waals surface area contributed by atoms with Crippen LogP contribution in [-0.4, -0.2) is 45.4 Å². The zero-order chi connectivity index (χ0) is 19.8. The summed E-state index contributed by atoms with van der Waals surface area (Å²) in [5, 5.41) is 13.5. The van der Waals surface area contributed by atoms with E-state index in [1.165, 1.54) is 30.7 Å². The minimum Gasteiger partial charge on any atom is -0.386 e. The summed E-state index contributed by atoms with van der Waals surface area (Å²) in [5.74, 6) is 0.444. The summed E-state index contributed by atoms with van der Waals surface area (Å²) >= 11 is 0. The van der Waals surface area contributed by atoms with E-state index >= 15 is 0 Å². The molecule has 3 heterocycles. The van der Waals surface area contributed by atoms with Gasteiger partial charge in [-0.3, -0.25) is 4.98 Å². The third kappa shape index (κ3) is 3.63. The molecule has 0 aliphatic carbocycles. The Morgan fingerprint density at radius 1 is 1.07 bits per heavy atom. The number of pyridine rings is 1. The fourth-order valence-electron chi connectivity index (χ4n) is 3.12. The summed E-state index contributed by atoms with van der Waals surface area (Å²) in [7, 11) is 0. The summed E-state index contributed by atoms with van der Waals surface area (Å²) < 4.78 is 43.6. The highest BCUT2D eigenvalue weighted by Gasteiger charge is 2.32. The van der Waals surface area contributed by atoms with Crippen molar-refractivity contribution in [1.82, 2.24) is 15.0 Å². The summed E-state index contributed by atoms with van der Waals surface area (Å²) in [6.45, 7) is 0.984. The largest absolute Gasteiger partial charge is 0.416 e. The van der Waals surface area contributed by atoms with Crippen LogP contribution in [0, 0.1) is 0 Å². The third-order valence-corrected chi connectivity index (χ3v) is 4.69. The zero-order valence-corrected chi connectivity index (χ0v) is 14.7. The normalized spacial score (nSPS) is 19.9. The molecule has 9 heteroatoms. The molecule has 28 heavy (non-hydrogen) atoms. The van der Waals surface area contributed by atoms with Gasteiger partial charge in [-0.2, -0.15) is 13.2 Å². The minimum absolute atomic E-state index is 0.241. The highest BCUT2D eigenvalue weighted by atomic mass is 19.4. The number of fused-ring (bicyclic) bond motifs is 1. The molecule has 146 valence electrons. The lowest BCUT2D eigenvalue weighted by Gasteiger charge is -2.21. The number of aromatic nitrogens is 3. The summed E-state index contributed by atoms with van der Waals surface area (Å²) in [6.07, 6.45) is 0.693. The number of halogens is 3. The number of hydrogen-bond acceptors (Lipinski definition) is 6. The van der Waals surface area contributed by atoms with E-state index in [0.717, 1.165) is 12.1 Å². The molecule has 0 spiro atoms. The summed E-state index contributed by atoms with van der Waals surface area (Å²) in [4.78, 5) is 13.0. The molecule has 6 nitrogen and oxygen atoms in total. The molecule has 1 aromatic carbocycles. The SMILES string of the molecule is OC1(CNc2ncc(-c3ccc(C(F)(F)F)cc3)c3nccnc23)CCOC1. The van der Waals surface area contributed by atoms with Gasteiger partial charge in [0.2, 0.25) is 0 Å². The molecule has 0 bridgehead atoms. The summed E-state index contributed by atoms with van der Waals surface area (Å²) in [6, 6.07) is 4.83. The van der Waals surface area contributed by atoms with E-state index in [2.05, 4.69) is 20.3 Å². The Kier molecular flexibility index (Phi) is 4.64. The average Bonchev–Trinajstić information content (AvgIpc) is 3.12. The van der Waals surface area contributed by atoms with Gasteiger partial charge in [0, 0.05) is 43.7 Å². The van der Waals surface area contributed by atoms with Crippen molar-refractivity contribution >= 4 is 16.9 Å². The second kappa shape index (κ2) is 6.99. The molecule has 1 atom stereocenters. The number of aliphatic hydroxyl groups is 1. The molecular weight excluding hydrogens is 373 g/mol. The molecule has 2 N–H and O–H groups in total. The van der Waals surface area contributed by atoms with Crippen molar-refractivity contribution in [2.24, 2.45) is 0 Å². The minimum atomic E-state index is -4.39. The van der Waals surface area contributed by atoms with Crippen molar-refractivity contribution < 1.29 is 23.0 Å². The van der Waals surface area contributed by atoms with Gasteiger partial charge in [-0.1, -0.05) is 12.1 Å². The highest BCUT2D eigenvalue weighted by Crippen LogP contribution is 2.33. The fourth-order valence-corrected chi connectivity index (χ4v) is 3.12. The monoisotopic (exact) mass is 390 g/mol. The highest BCUT2D eigenvalue weighted by molar-refractivity contribution is 5.96. The van der Waals surface area contributed by atoms with E-state index < -0.39 is 17.3 Å². The molecule has 0 radical (unpaired) electrons. The molecule has 1 aliphatic heterocycles. The first-order valence-corrected chi connectivity index (χ1v) is 8.67. The van der Waals surface area contributed by atoms with Gasteiger partial charge in [0.1, 0.15) is 16.6 Å². The van der Waals surface area contributed by atoms with Crippen molar-refractivity contribution in [3.63, 3.8) is 0 Å². The Morgan fingerprint density at radius 2 is 1.79 bits per heavy atom. The topological polar surface area (TPSA) is 80.2 Å². The molecule has 0 saturated carbocycles. The van der Waals surface area contributed by atoms with E-state index in [0.29, 0.717) is 41.0 Å². The van der Waals surface area contributed by atoms with Crippen LogP contribution in [0.2, 0.25) is 0 Å². The number of ether oxygens (including phenoxy) is 1. The molecule has 1 unspecified atom stereocenters. The molecular formula is C19H17F3N4O2. The molecule has 1 aliphatic rings. The molecule has 4 rings (SSSR count). The van der Waals surface area contributed by atoms with E-state index in [9.17, 15) is 18.3 Å². The van der Waals surface area contributed by atoms with Crippen LogP contribution in [0.3, 0.4) is 0 Å². The van der Waals surface area contributed by atoms with Gasteiger partial charge in [0.15, 0.2) is 5.82 Å². The van der Waals surface area contributed by atoms with Gasteiger partial charge in [0.25, 0.3) is 0 Å². The van der Waals surface area contributed by atoms with Crippen LogP contribution >= 0.6 is 0 Å². The van der Waals surface area contributed by atoms with Crippen LogP contribution in [0.15, 0.2) is 42.9 Å². The van der Waals surface area contributed by atoms with Crippen molar-refractivity contribution in [2.75, 3.05) is 25.1 Å². The average molecular weight is 390 g/mol. The van der Waals surface area contributed by atoms with Gasteiger partial charge in [-0.05, 0) is 17.7 Å². The quantitative estimate of drug-likeness (QED) is 0.712. The van der Waals surface area contributed by atoms with Crippen molar-refractivity contribution in [3.8, 4) is 11.1 Å². The first-order chi connectivity index (χ1) is 13.4. The molecule has 1 fully saturated rings. The smallest absolute Gasteiger partial charge is 0.386 e. The number of nitrogens with zero attached hydrogens (tertiary/aromatic N) is 3. The number of nitrogens with one attached hydrogen (secondary N) is 1. The van der Waals surface area contributed by atoms with Gasteiger partial charge in [-0.25, -0.2) is 9.97 Å². The number of benzene rings is 1. The van der Waals surface area contributed by atoms with Crippen LogP contribution in [0.4, 0.5) is 19.0 Å². The lowest BCUT2D eigenvalue weighted by atomic mass is 10.0. The van der Waals surface area contributed by atoms with E-state index in [-0.39, 0.29) is 13.2 Å². The number of alkyl halides is 3. The molecule has 2 aromatic heterocycles. The van der Waals surface area contributed by atoms with E-state index in [1.807, 2.05) is 0 Å². The van der Waals surface area contributed by atoms with Crippen molar-refractivity contribution in [2.45, 2.75) is 18.2 Å². The fraction of sp³-hybridized carbons (Fsp3) is 0.316.